The van der Waals surface area contributed by atoms with E-state index in [0.717, 1.165) is 109 Å². The van der Waals surface area contributed by atoms with Gasteiger partial charge in [-0.2, -0.15) is 0 Å². The maximum absolute atomic E-state index is 13.6. The monoisotopic (exact) mass is 828 g/mol. The van der Waals surface area contributed by atoms with Gasteiger partial charge in [0.1, 0.15) is 22.5 Å². The van der Waals surface area contributed by atoms with Gasteiger partial charge in [0, 0.05) is 59.3 Å². The van der Waals surface area contributed by atoms with E-state index in [2.05, 4.69) is 17.6 Å². The number of ether oxygens (including phenoxy) is 1. The zero-order chi connectivity index (χ0) is 43.0. The lowest BCUT2D eigenvalue weighted by atomic mass is 9.45. The van der Waals surface area contributed by atoms with Crippen molar-refractivity contribution in [2.24, 2.45) is 28.6 Å². The van der Waals surface area contributed by atoms with Crippen molar-refractivity contribution in [3.05, 3.63) is 56.7 Å². The number of unbranched alkanes of at least 4 members (excludes halogenated alkanes) is 7. The van der Waals surface area contributed by atoms with E-state index in [0.29, 0.717) is 49.9 Å². The standard InChI is InChI=1S/C48H64N2O10/c1-28-22-41(55)60-43-29(2)44-35(24-34(28)43)36(30(3)59-44)26-50-40(54)14-12-10-8-6-7-9-11-13-21-49-45(56)58-27-39(53)48(57)20-18-37-33-16-15-31-23-32(51)17-19-46(31,4)42(33)38(52)25-47(37,48)5/h22-24,33,37-38,42,52,57H,6-21,25-27H2,1-5H3,(H,49,56)(H,50,54)/t33?,37?,38?,42?,46?,47?,48-/m0/s1. The Morgan fingerprint density at radius 2 is 1.57 bits per heavy atom. The van der Waals surface area contributed by atoms with E-state index in [-0.39, 0.29) is 41.3 Å². The third kappa shape index (κ3) is 8.22. The fraction of sp³-hybridized carbons (Fsp3) is 0.646. The average molecular weight is 829 g/mol. The maximum Gasteiger partial charge on any atom is 0.407 e. The van der Waals surface area contributed by atoms with Crippen LogP contribution in [0.3, 0.4) is 0 Å². The summed E-state index contributed by atoms with van der Waals surface area (Å²) in [6.45, 7) is 10.0. The number of aliphatic hydroxyl groups excluding tert-OH is 1. The van der Waals surface area contributed by atoms with Crippen LogP contribution in [0.5, 0.6) is 0 Å². The molecule has 12 heteroatoms. The molecular weight excluding hydrogens is 765 g/mol. The zero-order valence-electron chi connectivity index (χ0n) is 36.1. The Kier molecular flexibility index (Phi) is 12.8. The maximum atomic E-state index is 13.6. The molecule has 7 atom stereocenters. The highest BCUT2D eigenvalue weighted by Crippen LogP contribution is 2.67. The van der Waals surface area contributed by atoms with Crippen molar-refractivity contribution in [3.8, 4) is 0 Å². The van der Waals surface area contributed by atoms with E-state index in [1.165, 1.54) is 6.07 Å². The van der Waals surface area contributed by atoms with E-state index < -0.39 is 41.2 Å². The number of carbonyl (C=O) groups is 4. The van der Waals surface area contributed by atoms with Gasteiger partial charge in [-0.15, -0.1) is 0 Å². The van der Waals surface area contributed by atoms with Gasteiger partial charge in [-0.25, -0.2) is 9.59 Å². The van der Waals surface area contributed by atoms with Crippen LogP contribution in [0, 0.1) is 49.4 Å². The van der Waals surface area contributed by atoms with Gasteiger partial charge >= 0.3 is 11.7 Å². The molecule has 0 radical (unpaired) electrons. The number of amides is 2. The van der Waals surface area contributed by atoms with E-state index in [9.17, 15) is 34.2 Å². The minimum atomic E-state index is -1.68. The number of nitrogens with one attached hydrogen (secondary N) is 2. The SMILES string of the molecule is Cc1oc2c(C)c3oc(=O)cc(C)c3cc2c1CNC(=O)CCCCCCCCCCNC(=O)OCC(=O)[C@@]1(O)CCC2C3CCC4=CC(=O)CCC4(C)C3C(O)CC21C. The van der Waals surface area contributed by atoms with Crippen LogP contribution in [-0.4, -0.2) is 58.6 Å². The Morgan fingerprint density at radius 1 is 0.867 bits per heavy atom. The molecule has 0 aliphatic heterocycles. The van der Waals surface area contributed by atoms with Crippen LogP contribution < -0.4 is 16.3 Å². The van der Waals surface area contributed by atoms with Gasteiger partial charge in [0.2, 0.25) is 11.7 Å². The lowest BCUT2D eigenvalue weighted by Crippen LogP contribution is -2.62. The summed E-state index contributed by atoms with van der Waals surface area (Å²) >= 11 is 0. The number of fused-ring (bicyclic) bond motifs is 7. The molecule has 60 heavy (non-hydrogen) atoms. The van der Waals surface area contributed by atoms with E-state index in [4.69, 9.17) is 13.6 Å². The van der Waals surface area contributed by atoms with Gasteiger partial charge < -0.3 is 34.4 Å². The topological polar surface area (TPSA) is 185 Å². The summed E-state index contributed by atoms with van der Waals surface area (Å²) in [6, 6.07) is 3.46. The molecule has 4 aliphatic rings. The van der Waals surface area contributed by atoms with Crippen molar-refractivity contribution in [2.75, 3.05) is 13.2 Å². The Balaban J connectivity index is 0.747. The highest BCUT2D eigenvalue weighted by Gasteiger charge is 2.68. The van der Waals surface area contributed by atoms with Gasteiger partial charge in [0.15, 0.2) is 12.4 Å². The zero-order valence-corrected chi connectivity index (χ0v) is 36.1. The van der Waals surface area contributed by atoms with Gasteiger partial charge in [-0.1, -0.05) is 57.9 Å². The molecule has 326 valence electrons. The van der Waals surface area contributed by atoms with Gasteiger partial charge in [0.25, 0.3) is 0 Å². The minimum Gasteiger partial charge on any atom is -0.461 e. The van der Waals surface area contributed by atoms with Crippen molar-refractivity contribution in [1.82, 2.24) is 10.6 Å². The normalized spacial score (nSPS) is 28.5. The third-order valence-corrected chi connectivity index (χ3v) is 15.3. The summed E-state index contributed by atoms with van der Waals surface area (Å²) in [5, 5.41) is 31.1. The van der Waals surface area contributed by atoms with Crippen LogP contribution in [0.4, 0.5) is 4.79 Å². The van der Waals surface area contributed by atoms with Crippen LogP contribution in [0.25, 0.3) is 21.9 Å². The number of rotatable bonds is 16. The lowest BCUT2D eigenvalue weighted by molar-refractivity contribution is -0.182. The Labute approximate surface area is 352 Å². The first-order chi connectivity index (χ1) is 28.6. The molecule has 2 aromatic heterocycles. The molecule has 7 rings (SSSR count). The number of carbonyl (C=O) groups excluding carboxylic acids is 4. The highest BCUT2D eigenvalue weighted by molar-refractivity contribution is 6.00. The molecule has 3 fully saturated rings. The molecule has 3 saturated carbocycles. The molecule has 6 unspecified atom stereocenters. The number of Topliss-reactive ketones (excluding diaryl/α,β-unsaturated/α-hetero) is 1. The molecule has 4 aliphatic carbocycles. The van der Waals surface area contributed by atoms with Crippen molar-refractivity contribution >= 4 is 45.5 Å². The summed E-state index contributed by atoms with van der Waals surface area (Å²) in [5.41, 5.74) is 1.74. The third-order valence-electron chi connectivity index (χ3n) is 15.3. The second-order valence-electron chi connectivity index (χ2n) is 18.9. The summed E-state index contributed by atoms with van der Waals surface area (Å²) < 4.78 is 16.8. The van der Waals surface area contributed by atoms with Crippen molar-refractivity contribution < 1.29 is 43.0 Å². The first kappa shape index (κ1) is 43.8. The predicted molar refractivity (Wildman–Crippen MR) is 227 cm³/mol. The summed E-state index contributed by atoms with van der Waals surface area (Å²) in [7, 11) is 0. The Bertz CT molecular complexity index is 2240. The van der Waals surface area contributed by atoms with Crippen molar-refractivity contribution in [2.45, 2.75) is 156 Å². The molecule has 12 nitrogen and oxygen atoms in total. The minimum absolute atomic E-state index is 0.00334. The van der Waals surface area contributed by atoms with Crippen LogP contribution in [-0.2, 0) is 25.7 Å². The molecule has 2 amide bonds. The summed E-state index contributed by atoms with van der Waals surface area (Å²) in [6.07, 6.45) is 12.8. The highest BCUT2D eigenvalue weighted by atomic mass is 16.6. The number of furan rings is 1. The second-order valence-corrected chi connectivity index (χ2v) is 18.9. The Hall–Kier alpha value is -4.29. The van der Waals surface area contributed by atoms with Crippen LogP contribution >= 0.6 is 0 Å². The van der Waals surface area contributed by atoms with E-state index in [1.807, 2.05) is 33.8 Å². The molecule has 3 aromatic rings. The smallest absolute Gasteiger partial charge is 0.407 e. The van der Waals surface area contributed by atoms with Gasteiger partial charge in [-0.05, 0) is 113 Å². The fourth-order valence-electron chi connectivity index (χ4n) is 12.0. The molecule has 4 N–H and O–H groups in total. The molecule has 0 saturated heterocycles. The largest absolute Gasteiger partial charge is 0.461 e. The molecular formula is C48H64N2O10. The number of hydrogen-bond donors (Lipinski definition) is 4. The second kappa shape index (κ2) is 17.6. The molecule has 2 heterocycles. The number of benzene rings is 1. The molecule has 0 spiro atoms. The number of alkyl carbamates (subject to hydrolysis) is 1. The average Bonchev–Trinajstić information content (AvgIpc) is 3.67. The van der Waals surface area contributed by atoms with Crippen molar-refractivity contribution in [1.29, 1.82) is 0 Å². The van der Waals surface area contributed by atoms with E-state index in [1.54, 1.807) is 6.08 Å². The lowest BCUT2D eigenvalue weighted by Gasteiger charge is -2.60. The first-order valence-corrected chi connectivity index (χ1v) is 22.4. The van der Waals surface area contributed by atoms with E-state index >= 15 is 0 Å². The predicted octanol–water partition coefficient (Wildman–Crippen LogP) is 8.12. The summed E-state index contributed by atoms with van der Waals surface area (Å²) in [4.78, 5) is 62.9. The summed E-state index contributed by atoms with van der Waals surface area (Å²) in [5.74, 6) is 0.594. The molecule has 0 bridgehead atoms. The number of aliphatic hydroxyl groups is 2. The van der Waals surface area contributed by atoms with Crippen molar-refractivity contribution in [3.63, 3.8) is 0 Å². The van der Waals surface area contributed by atoms with Crippen LogP contribution in [0.15, 0.2) is 37.4 Å². The molecule has 1 aromatic carbocycles. The fourth-order valence-corrected chi connectivity index (χ4v) is 12.0. The quantitative estimate of drug-likeness (QED) is 0.0812. The van der Waals surface area contributed by atoms with Gasteiger partial charge in [0.05, 0.1) is 6.10 Å². The first-order valence-electron chi connectivity index (χ1n) is 22.4. The number of ketones is 2. The number of allylic oxidation sites excluding steroid dienone is 1. The number of hydrogen-bond acceptors (Lipinski definition) is 10. The van der Waals surface area contributed by atoms with Gasteiger partial charge in [-0.3, -0.25) is 14.4 Å². The van der Waals surface area contributed by atoms with Crippen LogP contribution in [0.1, 0.15) is 139 Å². The number of aryl methyl sites for hydroxylation is 3. The Morgan fingerprint density at radius 3 is 2.32 bits per heavy atom. The van der Waals surface area contributed by atoms with Crippen LogP contribution in [0.2, 0.25) is 0 Å².